The van der Waals surface area contributed by atoms with Crippen molar-refractivity contribution in [3.63, 3.8) is 0 Å². The van der Waals surface area contributed by atoms with E-state index in [1.165, 1.54) is 20.7 Å². The van der Waals surface area contributed by atoms with Crippen LogP contribution in [0.3, 0.4) is 0 Å². The monoisotopic (exact) mass is 264 g/mol. The van der Waals surface area contributed by atoms with E-state index in [2.05, 4.69) is 65.3 Å². The highest BCUT2D eigenvalue weighted by atomic mass is 32.1. The minimum atomic E-state index is 0.173. The van der Waals surface area contributed by atoms with Crippen molar-refractivity contribution < 1.29 is 0 Å². The molecule has 0 atom stereocenters. The third-order valence-corrected chi connectivity index (χ3v) is 5.26. The molecule has 0 aromatic carbocycles. The maximum Gasteiger partial charge on any atom is 0.0829 e. The highest BCUT2D eigenvalue weighted by molar-refractivity contribution is 7.14. The highest BCUT2D eigenvalue weighted by Crippen LogP contribution is 2.44. The SMILES string of the molecule is Cc1nn(C)c2c(C(C)(C)C)sc(C(C)(C)C)c12. The summed E-state index contributed by atoms with van der Waals surface area (Å²) in [5, 5.41) is 6.00. The molecule has 0 unspecified atom stereocenters. The van der Waals surface area contributed by atoms with Crippen molar-refractivity contribution in [2.24, 2.45) is 7.05 Å². The van der Waals surface area contributed by atoms with E-state index in [0.29, 0.717) is 0 Å². The standard InChI is InChI=1S/C15H24N2S/c1-9-10-11(17(8)16-9)13(15(5,6)7)18-12(10)14(2,3)4/h1-8H3. The molecule has 0 aliphatic heterocycles. The number of rotatable bonds is 0. The summed E-state index contributed by atoms with van der Waals surface area (Å²) in [5.74, 6) is 0. The molecule has 2 aromatic heterocycles. The summed E-state index contributed by atoms with van der Waals surface area (Å²) >= 11 is 1.96. The highest BCUT2D eigenvalue weighted by Gasteiger charge is 2.30. The van der Waals surface area contributed by atoms with Gasteiger partial charge in [-0.3, -0.25) is 4.68 Å². The largest absolute Gasteiger partial charge is 0.266 e. The number of thiophene rings is 1. The molecule has 2 heterocycles. The quantitative estimate of drug-likeness (QED) is 0.683. The first-order valence-corrected chi connectivity index (χ1v) is 7.32. The van der Waals surface area contributed by atoms with Crippen molar-refractivity contribution in [1.29, 1.82) is 0 Å². The first kappa shape index (κ1) is 13.6. The fraction of sp³-hybridized carbons (Fsp3) is 0.667. The van der Waals surface area contributed by atoms with Crippen molar-refractivity contribution in [2.45, 2.75) is 59.3 Å². The second kappa shape index (κ2) is 3.83. The number of nitrogens with zero attached hydrogens (tertiary/aromatic N) is 2. The first-order valence-electron chi connectivity index (χ1n) is 6.50. The minimum absolute atomic E-state index is 0.173. The van der Waals surface area contributed by atoms with E-state index >= 15 is 0 Å². The number of hydrogen-bond donors (Lipinski definition) is 0. The van der Waals surface area contributed by atoms with Gasteiger partial charge >= 0.3 is 0 Å². The number of aryl methyl sites for hydroxylation is 2. The van der Waals surface area contributed by atoms with Gasteiger partial charge in [-0.25, -0.2) is 0 Å². The molecule has 0 aliphatic carbocycles. The van der Waals surface area contributed by atoms with Gasteiger partial charge in [0.05, 0.1) is 11.2 Å². The van der Waals surface area contributed by atoms with Crippen molar-refractivity contribution >= 4 is 22.2 Å². The minimum Gasteiger partial charge on any atom is -0.266 e. The Hall–Kier alpha value is -0.830. The maximum absolute atomic E-state index is 4.62. The lowest BCUT2D eigenvalue weighted by atomic mass is 9.90. The lowest BCUT2D eigenvalue weighted by molar-refractivity contribution is 0.600. The Bertz CT molecular complexity index is 539. The van der Waals surface area contributed by atoms with E-state index in [0.717, 1.165) is 5.69 Å². The normalized spacial score (nSPS) is 13.6. The van der Waals surface area contributed by atoms with E-state index < -0.39 is 0 Å². The molecule has 3 heteroatoms. The first-order chi connectivity index (χ1) is 8.03. The zero-order chi connectivity index (χ0) is 13.9. The zero-order valence-electron chi connectivity index (χ0n) is 12.8. The van der Waals surface area contributed by atoms with Gasteiger partial charge in [0.15, 0.2) is 0 Å². The van der Waals surface area contributed by atoms with Gasteiger partial charge in [-0.1, -0.05) is 41.5 Å². The summed E-state index contributed by atoms with van der Waals surface area (Å²) in [7, 11) is 2.06. The zero-order valence-corrected chi connectivity index (χ0v) is 13.6. The van der Waals surface area contributed by atoms with E-state index in [9.17, 15) is 0 Å². The van der Waals surface area contributed by atoms with E-state index in [4.69, 9.17) is 0 Å². The average Bonchev–Trinajstić information content (AvgIpc) is 2.64. The molecule has 0 saturated heterocycles. The van der Waals surface area contributed by atoms with Crippen LogP contribution in [0.15, 0.2) is 0 Å². The van der Waals surface area contributed by atoms with Crippen LogP contribution >= 0.6 is 11.3 Å². The Labute approximate surface area is 114 Å². The van der Waals surface area contributed by atoms with Crippen LogP contribution in [0.1, 0.15) is 57.0 Å². The van der Waals surface area contributed by atoms with Gasteiger partial charge in [0.1, 0.15) is 0 Å². The lowest BCUT2D eigenvalue weighted by Crippen LogP contribution is -2.11. The van der Waals surface area contributed by atoms with Crippen LogP contribution in [0.25, 0.3) is 10.9 Å². The molecule has 0 fully saturated rings. The summed E-state index contributed by atoms with van der Waals surface area (Å²) in [6.45, 7) is 15.8. The molecule has 2 rings (SSSR count). The molecule has 0 bridgehead atoms. The van der Waals surface area contributed by atoms with Gasteiger partial charge in [0.2, 0.25) is 0 Å². The fourth-order valence-electron chi connectivity index (χ4n) is 2.43. The summed E-state index contributed by atoms with van der Waals surface area (Å²) in [5.41, 5.74) is 2.84. The molecule has 2 nitrogen and oxygen atoms in total. The van der Waals surface area contributed by atoms with Gasteiger partial charge in [-0.15, -0.1) is 11.3 Å². The predicted octanol–water partition coefficient (Wildman–Crippen LogP) is 4.54. The average molecular weight is 264 g/mol. The second-order valence-corrected chi connectivity index (χ2v) is 8.21. The topological polar surface area (TPSA) is 17.8 Å². The molecular weight excluding hydrogens is 240 g/mol. The van der Waals surface area contributed by atoms with Gasteiger partial charge in [-0.2, -0.15) is 5.10 Å². The summed E-state index contributed by atoms with van der Waals surface area (Å²) in [6, 6.07) is 0. The van der Waals surface area contributed by atoms with Gasteiger partial charge in [0, 0.05) is 22.2 Å². The van der Waals surface area contributed by atoms with Gasteiger partial charge < -0.3 is 0 Å². The molecule has 2 aromatic rings. The molecular formula is C15H24N2S. The van der Waals surface area contributed by atoms with Crippen LogP contribution in [-0.2, 0) is 17.9 Å². The predicted molar refractivity (Wildman–Crippen MR) is 80.7 cm³/mol. The van der Waals surface area contributed by atoms with Crippen LogP contribution in [0.5, 0.6) is 0 Å². The number of fused-ring (bicyclic) bond motifs is 1. The van der Waals surface area contributed by atoms with Crippen molar-refractivity contribution in [3.8, 4) is 0 Å². The molecule has 0 amide bonds. The molecule has 0 spiro atoms. The van der Waals surface area contributed by atoms with Crippen LogP contribution < -0.4 is 0 Å². The summed E-state index contributed by atoms with van der Waals surface area (Å²) in [4.78, 5) is 2.92. The van der Waals surface area contributed by atoms with E-state index in [1.807, 2.05) is 11.3 Å². The van der Waals surface area contributed by atoms with Crippen LogP contribution in [-0.4, -0.2) is 9.78 Å². The molecule has 0 aliphatic rings. The fourth-order valence-corrected chi connectivity index (χ4v) is 3.92. The second-order valence-electron chi connectivity index (χ2n) is 7.19. The third-order valence-electron chi connectivity index (χ3n) is 3.23. The smallest absolute Gasteiger partial charge is 0.0829 e. The van der Waals surface area contributed by atoms with Gasteiger partial charge in [-0.05, 0) is 17.8 Å². The van der Waals surface area contributed by atoms with Crippen LogP contribution in [0.4, 0.5) is 0 Å². The molecule has 18 heavy (non-hydrogen) atoms. The Kier molecular flexibility index (Phi) is 2.89. The van der Waals surface area contributed by atoms with Crippen LogP contribution in [0, 0.1) is 6.92 Å². The van der Waals surface area contributed by atoms with Crippen molar-refractivity contribution in [3.05, 3.63) is 15.4 Å². The van der Waals surface area contributed by atoms with E-state index in [1.54, 1.807) is 0 Å². The maximum atomic E-state index is 4.62. The van der Waals surface area contributed by atoms with E-state index in [-0.39, 0.29) is 10.8 Å². The molecule has 0 N–H and O–H groups in total. The Morgan fingerprint density at radius 2 is 1.44 bits per heavy atom. The number of aromatic nitrogens is 2. The Balaban J connectivity index is 2.91. The Morgan fingerprint density at radius 3 is 1.89 bits per heavy atom. The van der Waals surface area contributed by atoms with Crippen molar-refractivity contribution in [2.75, 3.05) is 0 Å². The third kappa shape index (κ3) is 1.99. The molecule has 100 valence electrons. The lowest BCUT2D eigenvalue weighted by Gasteiger charge is -2.19. The Morgan fingerprint density at radius 1 is 0.944 bits per heavy atom. The summed E-state index contributed by atoms with van der Waals surface area (Å²) < 4.78 is 2.05. The molecule has 0 saturated carbocycles. The van der Waals surface area contributed by atoms with Crippen LogP contribution in [0.2, 0.25) is 0 Å². The van der Waals surface area contributed by atoms with Gasteiger partial charge in [0.25, 0.3) is 0 Å². The van der Waals surface area contributed by atoms with Crippen molar-refractivity contribution in [1.82, 2.24) is 9.78 Å². The molecule has 0 radical (unpaired) electrons. The summed E-state index contributed by atoms with van der Waals surface area (Å²) in [6.07, 6.45) is 0. The number of hydrogen-bond acceptors (Lipinski definition) is 2.